The number of nitrogens with zero attached hydrogens (tertiary/aromatic N) is 1. The number of carbonyl (C=O) groups is 1. The Balaban J connectivity index is 1.60. The van der Waals surface area contributed by atoms with Crippen LogP contribution < -0.4 is 9.47 Å². The van der Waals surface area contributed by atoms with Crippen molar-refractivity contribution in [2.45, 2.75) is 13.0 Å². The first-order valence-electron chi connectivity index (χ1n) is 7.17. The van der Waals surface area contributed by atoms with Crippen molar-refractivity contribution in [2.75, 3.05) is 13.3 Å². The van der Waals surface area contributed by atoms with Crippen LogP contribution in [0.5, 0.6) is 11.5 Å². The second-order valence-corrected chi connectivity index (χ2v) is 5.46. The fourth-order valence-corrected chi connectivity index (χ4v) is 2.92. The average molecular weight is 299 g/mol. The van der Waals surface area contributed by atoms with Gasteiger partial charge in [-0.2, -0.15) is 0 Å². The Morgan fingerprint density at radius 2 is 1.86 bits per heavy atom. The van der Waals surface area contributed by atoms with Crippen LogP contribution in [0.25, 0.3) is 0 Å². The smallest absolute Gasteiger partial charge is 0.254 e. The van der Waals surface area contributed by atoms with Crippen LogP contribution in [0.3, 0.4) is 0 Å². The summed E-state index contributed by atoms with van der Waals surface area (Å²) in [6, 6.07) is 9.73. The maximum Gasteiger partial charge on any atom is 0.254 e. The molecule has 0 saturated heterocycles. The zero-order valence-corrected chi connectivity index (χ0v) is 11.8. The summed E-state index contributed by atoms with van der Waals surface area (Å²) >= 11 is 0. The molecule has 0 radical (unpaired) electrons. The maximum atomic E-state index is 13.3. The second kappa shape index (κ2) is 5.02. The molecular formula is C17H14FNO3. The SMILES string of the molecule is O=C(c1cccc(F)c1)N1CCc2cc3c(cc2C1)OCO3. The van der Waals surface area contributed by atoms with Gasteiger partial charge in [0.15, 0.2) is 11.5 Å². The summed E-state index contributed by atoms with van der Waals surface area (Å²) in [5.74, 6) is 0.942. The summed E-state index contributed by atoms with van der Waals surface area (Å²) in [7, 11) is 0. The van der Waals surface area contributed by atoms with Gasteiger partial charge in [0.2, 0.25) is 6.79 Å². The molecule has 0 N–H and O–H groups in total. The highest BCUT2D eigenvalue weighted by molar-refractivity contribution is 5.94. The van der Waals surface area contributed by atoms with E-state index in [-0.39, 0.29) is 12.7 Å². The summed E-state index contributed by atoms with van der Waals surface area (Å²) < 4.78 is 24.0. The minimum absolute atomic E-state index is 0.150. The minimum atomic E-state index is -0.397. The number of amides is 1. The Kier molecular flexibility index (Phi) is 2.99. The fraction of sp³-hybridized carbons (Fsp3) is 0.235. The van der Waals surface area contributed by atoms with Gasteiger partial charge in [0.05, 0.1) is 0 Å². The lowest BCUT2D eigenvalue weighted by atomic mass is 9.98. The lowest BCUT2D eigenvalue weighted by molar-refractivity contribution is 0.0734. The van der Waals surface area contributed by atoms with Crippen LogP contribution in [0.2, 0.25) is 0 Å². The van der Waals surface area contributed by atoms with Gasteiger partial charge >= 0.3 is 0 Å². The van der Waals surface area contributed by atoms with Crippen molar-refractivity contribution in [3.8, 4) is 11.5 Å². The van der Waals surface area contributed by atoms with E-state index >= 15 is 0 Å². The first-order valence-corrected chi connectivity index (χ1v) is 7.17. The van der Waals surface area contributed by atoms with Crippen molar-refractivity contribution in [3.63, 3.8) is 0 Å². The summed E-state index contributed by atoms with van der Waals surface area (Å²) in [6.45, 7) is 1.35. The monoisotopic (exact) mass is 299 g/mol. The van der Waals surface area contributed by atoms with Gasteiger partial charge in [0.1, 0.15) is 5.82 Å². The van der Waals surface area contributed by atoms with Crippen LogP contribution in [0.4, 0.5) is 4.39 Å². The lowest BCUT2D eigenvalue weighted by Crippen LogP contribution is -2.36. The topological polar surface area (TPSA) is 38.8 Å². The van der Waals surface area contributed by atoms with E-state index in [0.29, 0.717) is 18.7 Å². The predicted molar refractivity (Wildman–Crippen MR) is 77.4 cm³/mol. The Labute approximate surface area is 127 Å². The molecule has 0 unspecified atom stereocenters. The Hall–Kier alpha value is -2.56. The number of halogens is 1. The van der Waals surface area contributed by atoms with Gasteiger partial charge in [0.25, 0.3) is 5.91 Å². The summed E-state index contributed by atoms with van der Waals surface area (Å²) in [4.78, 5) is 14.2. The average Bonchev–Trinajstić information content (AvgIpc) is 2.98. The molecule has 2 aliphatic heterocycles. The van der Waals surface area contributed by atoms with Gasteiger partial charge in [0, 0.05) is 18.7 Å². The van der Waals surface area contributed by atoms with Gasteiger partial charge < -0.3 is 14.4 Å². The van der Waals surface area contributed by atoms with Gasteiger partial charge in [-0.15, -0.1) is 0 Å². The van der Waals surface area contributed by atoms with E-state index in [4.69, 9.17) is 9.47 Å². The van der Waals surface area contributed by atoms with Crippen molar-refractivity contribution < 1.29 is 18.7 Å². The Morgan fingerprint density at radius 1 is 1.09 bits per heavy atom. The molecule has 22 heavy (non-hydrogen) atoms. The Bertz CT molecular complexity index is 760. The molecule has 0 fully saturated rings. The van der Waals surface area contributed by atoms with Gasteiger partial charge in [-0.25, -0.2) is 4.39 Å². The normalized spacial score (nSPS) is 15.6. The first kappa shape index (κ1) is 13.1. The van der Waals surface area contributed by atoms with Crippen LogP contribution in [0.1, 0.15) is 21.5 Å². The molecular weight excluding hydrogens is 285 g/mol. The van der Waals surface area contributed by atoms with Gasteiger partial charge in [-0.05, 0) is 47.9 Å². The van der Waals surface area contributed by atoms with Crippen molar-refractivity contribution >= 4 is 5.91 Å². The third-order valence-corrected chi connectivity index (χ3v) is 4.07. The van der Waals surface area contributed by atoms with Gasteiger partial charge in [-0.3, -0.25) is 4.79 Å². The molecule has 2 aromatic carbocycles. The number of benzene rings is 2. The highest BCUT2D eigenvalue weighted by Gasteiger charge is 2.25. The molecule has 2 aromatic rings. The van der Waals surface area contributed by atoms with Crippen LogP contribution in [0, 0.1) is 5.82 Å². The Morgan fingerprint density at radius 3 is 2.64 bits per heavy atom. The molecule has 0 aliphatic carbocycles. The summed E-state index contributed by atoms with van der Waals surface area (Å²) in [5.41, 5.74) is 2.61. The quantitative estimate of drug-likeness (QED) is 0.813. The second-order valence-electron chi connectivity index (χ2n) is 5.46. The summed E-state index contributed by atoms with van der Waals surface area (Å²) in [6.07, 6.45) is 0.757. The molecule has 2 heterocycles. The number of carbonyl (C=O) groups excluding carboxylic acids is 1. The van der Waals surface area contributed by atoms with E-state index in [9.17, 15) is 9.18 Å². The largest absolute Gasteiger partial charge is 0.454 e. The predicted octanol–water partition coefficient (Wildman–Crippen LogP) is 2.75. The van der Waals surface area contributed by atoms with E-state index in [2.05, 4.69) is 0 Å². The van der Waals surface area contributed by atoms with E-state index in [0.717, 1.165) is 23.5 Å². The van der Waals surface area contributed by atoms with Crippen molar-refractivity contribution in [2.24, 2.45) is 0 Å². The standard InChI is InChI=1S/C17H14FNO3/c18-14-3-1-2-12(6-14)17(20)19-5-4-11-7-15-16(22-10-21-15)8-13(11)9-19/h1-3,6-8H,4-5,9-10H2. The van der Waals surface area contributed by atoms with Crippen molar-refractivity contribution in [3.05, 3.63) is 58.9 Å². The number of hydrogen-bond donors (Lipinski definition) is 0. The van der Waals surface area contributed by atoms with E-state index in [1.54, 1.807) is 17.0 Å². The molecule has 0 saturated carbocycles. The van der Waals surface area contributed by atoms with Crippen molar-refractivity contribution in [1.82, 2.24) is 4.90 Å². The lowest BCUT2D eigenvalue weighted by Gasteiger charge is -2.29. The molecule has 0 bridgehead atoms. The summed E-state index contributed by atoms with van der Waals surface area (Å²) in [5, 5.41) is 0. The molecule has 0 atom stereocenters. The third kappa shape index (κ3) is 2.19. The molecule has 2 aliphatic rings. The zero-order chi connectivity index (χ0) is 15.1. The van der Waals surface area contributed by atoms with E-state index in [1.807, 2.05) is 12.1 Å². The van der Waals surface area contributed by atoms with Crippen molar-refractivity contribution in [1.29, 1.82) is 0 Å². The highest BCUT2D eigenvalue weighted by Crippen LogP contribution is 2.36. The number of rotatable bonds is 1. The molecule has 0 aromatic heterocycles. The van der Waals surface area contributed by atoms with Crippen LogP contribution >= 0.6 is 0 Å². The number of fused-ring (bicyclic) bond motifs is 2. The van der Waals surface area contributed by atoms with E-state index < -0.39 is 5.82 Å². The number of hydrogen-bond acceptors (Lipinski definition) is 3. The van der Waals surface area contributed by atoms with E-state index in [1.165, 1.54) is 17.7 Å². The maximum absolute atomic E-state index is 13.3. The van der Waals surface area contributed by atoms with Crippen LogP contribution in [-0.4, -0.2) is 24.1 Å². The molecule has 5 heteroatoms. The van der Waals surface area contributed by atoms with Crippen LogP contribution in [-0.2, 0) is 13.0 Å². The number of ether oxygens (including phenoxy) is 2. The molecule has 4 nitrogen and oxygen atoms in total. The molecule has 112 valence electrons. The minimum Gasteiger partial charge on any atom is -0.454 e. The highest BCUT2D eigenvalue weighted by atomic mass is 19.1. The molecule has 0 spiro atoms. The molecule has 1 amide bonds. The van der Waals surface area contributed by atoms with Crippen LogP contribution in [0.15, 0.2) is 36.4 Å². The molecule has 4 rings (SSSR count). The first-order chi connectivity index (χ1) is 10.7. The zero-order valence-electron chi connectivity index (χ0n) is 11.8. The van der Waals surface area contributed by atoms with Gasteiger partial charge in [-0.1, -0.05) is 6.07 Å². The third-order valence-electron chi connectivity index (χ3n) is 4.07. The fourth-order valence-electron chi connectivity index (χ4n) is 2.92.